The van der Waals surface area contributed by atoms with Crippen molar-refractivity contribution in [2.75, 3.05) is 26.2 Å². The predicted molar refractivity (Wildman–Crippen MR) is 108 cm³/mol. The maximum absolute atomic E-state index is 12.3. The lowest BCUT2D eigenvalue weighted by Gasteiger charge is -2.33. The molecule has 0 unspecified atom stereocenters. The fourth-order valence-corrected chi connectivity index (χ4v) is 4.71. The molecular weight excluding hydrogens is 360 g/mol. The first-order valence-electron chi connectivity index (χ1n) is 9.48. The van der Waals surface area contributed by atoms with Crippen LogP contribution in [0.4, 0.5) is 0 Å². The van der Waals surface area contributed by atoms with Gasteiger partial charge in [-0.25, -0.2) is 13.1 Å². The summed E-state index contributed by atoms with van der Waals surface area (Å²) >= 11 is 0. The van der Waals surface area contributed by atoms with Crippen LogP contribution >= 0.6 is 0 Å². The number of aliphatic hydroxyl groups excluding tert-OH is 1. The van der Waals surface area contributed by atoms with Gasteiger partial charge in [0, 0.05) is 13.1 Å². The molecule has 2 N–H and O–H groups in total. The van der Waals surface area contributed by atoms with Crippen LogP contribution in [-0.2, 0) is 15.8 Å². The Hall–Kier alpha value is -1.73. The van der Waals surface area contributed by atoms with Crippen molar-refractivity contribution >= 4 is 10.0 Å². The summed E-state index contributed by atoms with van der Waals surface area (Å²) in [4.78, 5) is 2.26. The van der Waals surface area contributed by atoms with Gasteiger partial charge in [0.2, 0.25) is 10.0 Å². The summed E-state index contributed by atoms with van der Waals surface area (Å²) in [6, 6.07) is 18.9. The topological polar surface area (TPSA) is 69.6 Å². The number of benzene rings is 2. The highest BCUT2D eigenvalue weighted by molar-refractivity contribution is 7.88. The summed E-state index contributed by atoms with van der Waals surface area (Å²) in [7, 11) is -3.31. The Labute approximate surface area is 162 Å². The number of hydrogen-bond donors (Lipinski definition) is 2. The normalized spacial score (nSPS) is 17.7. The Morgan fingerprint density at radius 3 is 2.22 bits per heavy atom. The van der Waals surface area contributed by atoms with Gasteiger partial charge in [0.15, 0.2) is 0 Å². The van der Waals surface area contributed by atoms with Gasteiger partial charge in [-0.15, -0.1) is 0 Å². The molecule has 0 radical (unpaired) electrons. The average molecular weight is 389 g/mol. The van der Waals surface area contributed by atoms with Crippen LogP contribution in [0, 0.1) is 5.92 Å². The molecule has 1 atom stereocenters. The summed E-state index contributed by atoms with van der Waals surface area (Å²) in [6.45, 7) is 2.88. The lowest BCUT2D eigenvalue weighted by atomic mass is 9.96. The Morgan fingerprint density at radius 1 is 1.00 bits per heavy atom. The number of sulfonamides is 1. The van der Waals surface area contributed by atoms with Crippen molar-refractivity contribution in [1.82, 2.24) is 9.62 Å². The summed E-state index contributed by atoms with van der Waals surface area (Å²) in [5.74, 6) is 0.372. The molecule has 3 rings (SSSR count). The van der Waals surface area contributed by atoms with Gasteiger partial charge in [0.1, 0.15) is 0 Å². The highest BCUT2D eigenvalue weighted by Crippen LogP contribution is 2.20. The van der Waals surface area contributed by atoms with E-state index >= 15 is 0 Å². The minimum absolute atomic E-state index is 0.0238. The zero-order valence-corrected chi connectivity index (χ0v) is 16.3. The number of nitrogens with one attached hydrogen (secondary N) is 1. The lowest BCUT2D eigenvalue weighted by molar-refractivity contribution is 0.0899. The molecule has 0 aromatic heterocycles. The van der Waals surface area contributed by atoms with Gasteiger partial charge < -0.3 is 10.0 Å². The third kappa shape index (κ3) is 6.43. The second-order valence-electron chi connectivity index (χ2n) is 7.26. The monoisotopic (exact) mass is 388 g/mol. The molecule has 1 aliphatic heterocycles. The van der Waals surface area contributed by atoms with Crippen molar-refractivity contribution in [1.29, 1.82) is 0 Å². The van der Waals surface area contributed by atoms with Crippen LogP contribution in [-0.4, -0.2) is 44.6 Å². The number of rotatable bonds is 8. The fourth-order valence-electron chi connectivity index (χ4n) is 3.49. The van der Waals surface area contributed by atoms with E-state index < -0.39 is 16.1 Å². The largest absolute Gasteiger partial charge is 0.387 e. The number of aliphatic hydroxyl groups is 1. The van der Waals surface area contributed by atoms with Gasteiger partial charge in [-0.05, 0) is 43.0 Å². The predicted octanol–water partition coefficient (Wildman–Crippen LogP) is 2.55. The Bertz CT molecular complexity index is 789. The zero-order valence-electron chi connectivity index (χ0n) is 15.5. The molecule has 0 bridgehead atoms. The molecule has 0 aliphatic carbocycles. The molecule has 1 fully saturated rings. The average Bonchev–Trinajstić information content (AvgIpc) is 2.69. The van der Waals surface area contributed by atoms with E-state index in [2.05, 4.69) is 9.62 Å². The van der Waals surface area contributed by atoms with Crippen molar-refractivity contribution in [3.63, 3.8) is 0 Å². The van der Waals surface area contributed by atoms with Crippen molar-refractivity contribution in [3.8, 4) is 0 Å². The molecule has 146 valence electrons. The lowest BCUT2D eigenvalue weighted by Crippen LogP contribution is -2.40. The van der Waals surface area contributed by atoms with Gasteiger partial charge >= 0.3 is 0 Å². The van der Waals surface area contributed by atoms with Gasteiger partial charge in [-0.2, -0.15) is 0 Å². The molecule has 27 heavy (non-hydrogen) atoms. The quantitative estimate of drug-likeness (QED) is 0.729. The van der Waals surface area contributed by atoms with Crippen LogP contribution in [0.5, 0.6) is 0 Å². The smallest absolute Gasteiger partial charge is 0.215 e. The van der Waals surface area contributed by atoms with Gasteiger partial charge in [-0.1, -0.05) is 60.7 Å². The third-order valence-corrected chi connectivity index (χ3v) is 6.43. The Balaban J connectivity index is 1.40. The number of nitrogens with zero attached hydrogens (tertiary/aromatic N) is 1. The second-order valence-corrected chi connectivity index (χ2v) is 9.07. The fraction of sp³-hybridized carbons (Fsp3) is 0.429. The molecule has 1 aliphatic rings. The number of piperidine rings is 1. The Kier molecular flexibility index (Phi) is 7.01. The molecule has 1 saturated heterocycles. The standard InChI is InChI=1S/C21H28N2O3S/c24-21(20-9-5-2-6-10-20)16-23-13-11-18(12-14-23)15-22-27(25,26)17-19-7-3-1-4-8-19/h1-10,18,21-22,24H,11-17H2/t21-/m1/s1. The van der Waals surface area contributed by atoms with E-state index in [1.165, 1.54) is 0 Å². The van der Waals surface area contributed by atoms with Crippen molar-refractivity contribution in [3.05, 3.63) is 71.8 Å². The van der Waals surface area contributed by atoms with Gasteiger partial charge in [-0.3, -0.25) is 0 Å². The summed E-state index contributed by atoms with van der Waals surface area (Å²) < 4.78 is 27.3. The molecule has 5 nitrogen and oxygen atoms in total. The van der Waals surface area contributed by atoms with Crippen LogP contribution < -0.4 is 4.72 Å². The highest BCUT2D eigenvalue weighted by Gasteiger charge is 2.23. The van der Waals surface area contributed by atoms with Crippen molar-refractivity contribution in [2.45, 2.75) is 24.7 Å². The minimum Gasteiger partial charge on any atom is -0.387 e. The summed E-state index contributed by atoms with van der Waals surface area (Å²) in [5.41, 5.74) is 1.74. The molecule has 1 heterocycles. The number of β-amino-alcohol motifs (C(OH)–C–C–N with tert-alkyl or cyclic N) is 1. The molecule has 0 amide bonds. The summed E-state index contributed by atoms with van der Waals surface area (Å²) in [6.07, 6.45) is 1.40. The molecule has 0 spiro atoms. The Morgan fingerprint density at radius 2 is 1.59 bits per heavy atom. The molecular formula is C21H28N2O3S. The van der Waals surface area contributed by atoms with E-state index in [0.717, 1.165) is 37.1 Å². The molecule has 2 aromatic carbocycles. The van der Waals surface area contributed by atoms with E-state index in [1.54, 1.807) is 0 Å². The van der Waals surface area contributed by atoms with Crippen LogP contribution in [0.15, 0.2) is 60.7 Å². The minimum atomic E-state index is -3.31. The SMILES string of the molecule is O=S(=O)(Cc1ccccc1)NCC1CCN(C[C@@H](O)c2ccccc2)CC1. The maximum Gasteiger partial charge on any atom is 0.215 e. The zero-order chi connectivity index (χ0) is 19.1. The first-order valence-corrected chi connectivity index (χ1v) is 11.1. The first-order chi connectivity index (χ1) is 13.0. The van der Waals surface area contributed by atoms with Crippen molar-refractivity contribution in [2.24, 2.45) is 5.92 Å². The number of likely N-dealkylation sites (tertiary alicyclic amines) is 1. The molecule has 0 saturated carbocycles. The molecule has 2 aromatic rings. The third-order valence-electron chi connectivity index (χ3n) is 5.11. The van der Waals surface area contributed by atoms with Crippen LogP contribution in [0.2, 0.25) is 0 Å². The van der Waals surface area contributed by atoms with E-state index in [-0.39, 0.29) is 5.75 Å². The van der Waals surface area contributed by atoms with Gasteiger partial charge in [0.05, 0.1) is 11.9 Å². The van der Waals surface area contributed by atoms with E-state index in [9.17, 15) is 13.5 Å². The highest BCUT2D eigenvalue weighted by atomic mass is 32.2. The van der Waals surface area contributed by atoms with Crippen LogP contribution in [0.3, 0.4) is 0 Å². The van der Waals surface area contributed by atoms with Gasteiger partial charge in [0.25, 0.3) is 0 Å². The number of hydrogen-bond acceptors (Lipinski definition) is 4. The summed E-state index contributed by atoms with van der Waals surface area (Å²) in [5, 5.41) is 10.4. The van der Waals surface area contributed by atoms with E-state index in [4.69, 9.17) is 0 Å². The van der Waals surface area contributed by atoms with Crippen molar-refractivity contribution < 1.29 is 13.5 Å². The van der Waals surface area contributed by atoms with Crippen LogP contribution in [0.1, 0.15) is 30.1 Å². The molecule has 6 heteroatoms. The van der Waals surface area contributed by atoms with E-state index in [1.807, 2.05) is 60.7 Å². The van der Waals surface area contributed by atoms with E-state index in [0.29, 0.717) is 19.0 Å². The van der Waals surface area contributed by atoms with Crippen LogP contribution in [0.25, 0.3) is 0 Å². The second kappa shape index (κ2) is 9.46. The first kappa shape index (κ1) is 20.0. The maximum atomic E-state index is 12.3.